The van der Waals surface area contributed by atoms with Gasteiger partial charge in [-0.25, -0.2) is 0 Å². The molecule has 2 heterocycles. The molecule has 20 heavy (non-hydrogen) atoms. The van der Waals surface area contributed by atoms with Gasteiger partial charge in [-0.05, 0) is 43.7 Å². The Morgan fingerprint density at radius 2 is 2.30 bits per heavy atom. The molecule has 3 rings (SSSR count). The van der Waals surface area contributed by atoms with E-state index in [1.807, 2.05) is 4.90 Å². The maximum Gasteiger partial charge on any atom is 0.256 e. The third kappa shape index (κ3) is 2.34. The van der Waals surface area contributed by atoms with Crippen LogP contribution in [0.15, 0.2) is 18.2 Å². The molecule has 0 bridgehead atoms. The van der Waals surface area contributed by atoms with Crippen molar-refractivity contribution in [3.05, 3.63) is 29.3 Å². The molecule has 2 atom stereocenters. The Labute approximate surface area is 119 Å². The van der Waals surface area contributed by atoms with Gasteiger partial charge in [0, 0.05) is 18.8 Å². The summed E-state index contributed by atoms with van der Waals surface area (Å²) in [7, 11) is 0. The van der Waals surface area contributed by atoms with E-state index in [0.29, 0.717) is 6.54 Å². The van der Waals surface area contributed by atoms with E-state index in [9.17, 15) is 4.79 Å². The Kier molecular flexibility index (Phi) is 3.76. The average molecular weight is 274 g/mol. The van der Waals surface area contributed by atoms with Gasteiger partial charge in [0.25, 0.3) is 5.91 Å². The van der Waals surface area contributed by atoms with Crippen LogP contribution in [0.3, 0.4) is 0 Å². The van der Waals surface area contributed by atoms with Crippen LogP contribution in [0.4, 0.5) is 5.69 Å². The number of fused-ring (bicyclic) bond motifs is 1. The zero-order valence-corrected chi connectivity index (χ0v) is 12.0. The summed E-state index contributed by atoms with van der Waals surface area (Å²) < 4.78 is 5.76. The first-order valence-electron chi connectivity index (χ1n) is 7.46. The van der Waals surface area contributed by atoms with Crippen molar-refractivity contribution in [3.8, 4) is 0 Å². The van der Waals surface area contributed by atoms with Crippen LogP contribution in [-0.4, -0.2) is 31.2 Å². The molecule has 0 radical (unpaired) electrons. The minimum atomic E-state index is -0.311. The summed E-state index contributed by atoms with van der Waals surface area (Å²) in [4.78, 5) is 14.7. The highest BCUT2D eigenvalue weighted by molar-refractivity contribution is 5.98. The fraction of sp³-hybridized carbons (Fsp3) is 0.562. The number of hydrogen-bond donors (Lipinski definition) is 1. The normalized spacial score (nSPS) is 25.6. The molecular formula is C16H22N2O2. The second kappa shape index (κ2) is 5.54. The number of carbonyl (C=O) groups is 1. The summed E-state index contributed by atoms with van der Waals surface area (Å²) in [5.74, 6) is 0.108. The molecule has 2 N–H and O–H groups in total. The van der Waals surface area contributed by atoms with Crippen molar-refractivity contribution >= 4 is 11.6 Å². The predicted octanol–water partition coefficient (Wildman–Crippen LogP) is 1.78. The first-order chi connectivity index (χ1) is 9.70. The van der Waals surface area contributed by atoms with E-state index in [0.717, 1.165) is 37.9 Å². The first-order valence-corrected chi connectivity index (χ1v) is 7.46. The standard InChI is InChI=1S/C16H22N2O2/c1-11-4-2-5-12-6-3-9-18(15(11)12)16(19)14-8-7-13(10-17)20-14/h2,4-5,13-14H,3,6-10,17H2,1H3. The summed E-state index contributed by atoms with van der Waals surface area (Å²) in [6.07, 6.45) is 3.49. The lowest BCUT2D eigenvalue weighted by molar-refractivity contribution is -0.129. The van der Waals surface area contributed by atoms with E-state index >= 15 is 0 Å². The van der Waals surface area contributed by atoms with Crippen LogP contribution in [0.25, 0.3) is 0 Å². The second-order valence-corrected chi connectivity index (χ2v) is 5.74. The van der Waals surface area contributed by atoms with Gasteiger partial charge in [-0.1, -0.05) is 18.2 Å². The van der Waals surface area contributed by atoms with Crippen LogP contribution in [0.5, 0.6) is 0 Å². The fourth-order valence-corrected chi connectivity index (χ4v) is 3.30. The maximum absolute atomic E-state index is 12.7. The molecule has 1 amide bonds. The Hall–Kier alpha value is -1.39. The molecule has 1 aromatic rings. The smallest absolute Gasteiger partial charge is 0.256 e. The zero-order valence-electron chi connectivity index (χ0n) is 12.0. The van der Waals surface area contributed by atoms with E-state index in [1.54, 1.807) is 0 Å². The number of benzene rings is 1. The Bertz CT molecular complexity index is 515. The summed E-state index contributed by atoms with van der Waals surface area (Å²) >= 11 is 0. The third-order valence-corrected chi connectivity index (χ3v) is 4.33. The molecule has 4 nitrogen and oxygen atoms in total. The van der Waals surface area contributed by atoms with Crippen molar-refractivity contribution in [2.24, 2.45) is 5.73 Å². The average Bonchev–Trinajstić information content (AvgIpc) is 2.95. The van der Waals surface area contributed by atoms with E-state index in [4.69, 9.17) is 10.5 Å². The van der Waals surface area contributed by atoms with Gasteiger partial charge < -0.3 is 15.4 Å². The maximum atomic E-state index is 12.7. The highest BCUT2D eigenvalue weighted by atomic mass is 16.5. The zero-order chi connectivity index (χ0) is 14.1. The van der Waals surface area contributed by atoms with Crippen LogP contribution < -0.4 is 10.6 Å². The molecule has 1 saturated heterocycles. The van der Waals surface area contributed by atoms with Gasteiger partial charge in [-0.2, -0.15) is 0 Å². The van der Waals surface area contributed by atoms with Crippen molar-refractivity contribution in [1.82, 2.24) is 0 Å². The minimum Gasteiger partial charge on any atom is -0.364 e. The van der Waals surface area contributed by atoms with Gasteiger partial charge in [0.05, 0.1) is 6.10 Å². The lowest BCUT2D eigenvalue weighted by Gasteiger charge is -2.32. The molecule has 0 aromatic heterocycles. The molecule has 108 valence electrons. The number of anilines is 1. The molecule has 2 aliphatic heterocycles. The second-order valence-electron chi connectivity index (χ2n) is 5.74. The monoisotopic (exact) mass is 274 g/mol. The third-order valence-electron chi connectivity index (χ3n) is 4.33. The van der Waals surface area contributed by atoms with Gasteiger partial charge >= 0.3 is 0 Å². The first kappa shape index (κ1) is 13.6. The molecule has 0 aliphatic carbocycles. The van der Waals surface area contributed by atoms with Gasteiger partial charge in [0.1, 0.15) is 6.10 Å². The van der Waals surface area contributed by atoms with Crippen LogP contribution in [0.2, 0.25) is 0 Å². The van der Waals surface area contributed by atoms with E-state index in [2.05, 4.69) is 25.1 Å². The molecule has 1 aromatic carbocycles. The number of para-hydroxylation sites is 1. The number of ether oxygens (including phenoxy) is 1. The summed E-state index contributed by atoms with van der Waals surface area (Å²) in [6.45, 7) is 3.37. The van der Waals surface area contributed by atoms with Crippen LogP contribution in [-0.2, 0) is 16.0 Å². The van der Waals surface area contributed by atoms with Crippen molar-refractivity contribution in [3.63, 3.8) is 0 Å². The van der Waals surface area contributed by atoms with Gasteiger partial charge in [-0.3, -0.25) is 4.79 Å². The number of amides is 1. The van der Waals surface area contributed by atoms with Crippen molar-refractivity contribution in [1.29, 1.82) is 0 Å². The molecular weight excluding hydrogens is 252 g/mol. The Morgan fingerprint density at radius 1 is 1.45 bits per heavy atom. The van der Waals surface area contributed by atoms with E-state index in [-0.39, 0.29) is 18.1 Å². The number of carbonyl (C=O) groups excluding carboxylic acids is 1. The van der Waals surface area contributed by atoms with Gasteiger partial charge in [-0.15, -0.1) is 0 Å². The number of aryl methyl sites for hydroxylation is 2. The van der Waals surface area contributed by atoms with E-state index in [1.165, 1.54) is 11.1 Å². The number of nitrogens with two attached hydrogens (primary N) is 1. The van der Waals surface area contributed by atoms with Crippen LogP contribution in [0.1, 0.15) is 30.4 Å². The number of nitrogens with zero attached hydrogens (tertiary/aromatic N) is 1. The molecule has 0 spiro atoms. The SMILES string of the molecule is Cc1cccc2c1N(C(=O)C1CCC(CN)O1)CCC2. The van der Waals surface area contributed by atoms with Crippen molar-refractivity contribution in [2.45, 2.75) is 44.8 Å². The quantitative estimate of drug-likeness (QED) is 0.894. The lowest BCUT2D eigenvalue weighted by Crippen LogP contribution is -2.43. The molecule has 4 heteroatoms. The van der Waals surface area contributed by atoms with Crippen LogP contribution in [0, 0.1) is 6.92 Å². The fourth-order valence-electron chi connectivity index (χ4n) is 3.30. The summed E-state index contributed by atoms with van der Waals surface area (Å²) in [5, 5.41) is 0. The molecule has 2 unspecified atom stereocenters. The van der Waals surface area contributed by atoms with Crippen molar-refractivity contribution < 1.29 is 9.53 Å². The summed E-state index contributed by atoms with van der Waals surface area (Å²) in [5.41, 5.74) is 9.17. The molecule has 0 saturated carbocycles. The van der Waals surface area contributed by atoms with Gasteiger partial charge in [0.2, 0.25) is 0 Å². The summed E-state index contributed by atoms with van der Waals surface area (Å²) in [6, 6.07) is 6.27. The van der Waals surface area contributed by atoms with Crippen molar-refractivity contribution in [2.75, 3.05) is 18.0 Å². The largest absolute Gasteiger partial charge is 0.364 e. The van der Waals surface area contributed by atoms with Crippen LogP contribution >= 0.6 is 0 Å². The Morgan fingerprint density at radius 3 is 3.05 bits per heavy atom. The number of rotatable bonds is 2. The predicted molar refractivity (Wildman–Crippen MR) is 78.8 cm³/mol. The lowest BCUT2D eigenvalue weighted by atomic mass is 9.97. The topological polar surface area (TPSA) is 55.6 Å². The number of hydrogen-bond acceptors (Lipinski definition) is 3. The Balaban J connectivity index is 1.84. The van der Waals surface area contributed by atoms with Gasteiger partial charge in [0.15, 0.2) is 0 Å². The van der Waals surface area contributed by atoms with E-state index < -0.39 is 0 Å². The molecule has 1 fully saturated rings. The highest BCUT2D eigenvalue weighted by Gasteiger charge is 2.35. The molecule has 2 aliphatic rings. The minimum absolute atomic E-state index is 0.0464. The highest BCUT2D eigenvalue weighted by Crippen LogP contribution is 2.32.